The molecule has 0 aliphatic heterocycles. The first-order valence-corrected chi connectivity index (χ1v) is 7.52. The van der Waals surface area contributed by atoms with Gasteiger partial charge in [-0.2, -0.15) is 0 Å². The van der Waals surface area contributed by atoms with Crippen molar-refractivity contribution in [2.45, 2.75) is 65.4 Å². The second-order valence-electron chi connectivity index (χ2n) is 5.98. The van der Waals surface area contributed by atoms with Gasteiger partial charge in [0.2, 0.25) is 0 Å². The molecule has 0 aromatic carbocycles. The summed E-state index contributed by atoms with van der Waals surface area (Å²) in [5, 5.41) is 3.48. The van der Waals surface area contributed by atoms with Crippen molar-refractivity contribution in [1.82, 2.24) is 5.32 Å². The van der Waals surface area contributed by atoms with E-state index in [1.54, 1.807) is 0 Å². The third-order valence-corrected chi connectivity index (χ3v) is 3.67. The van der Waals surface area contributed by atoms with Crippen molar-refractivity contribution in [2.24, 2.45) is 11.8 Å². The highest BCUT2D eigenvalue weighted by Crippen LogP contribution is 2.26. The van der Waals surface area contributed by atoms with Crippen LogP contribution >= 0.6 is 0 Å². The first kappa shape index (κ1) is 15.0. The summed E-state index contributed by atoms with van der Waals surface area (Å²) in [5.74, 6) is 1.54. The summed E-state index contributed by atoms with van der Waals surface area (Å²) >= 11 is 0. The van der Waals surface area contributed by atoms with Gasteiger partial charge in [-0.15, -0.1) is 0 Å². The number of hydrogen-bond acceptors (Lipinski definition) is 2. The predicted molar refractivity (Wildman–Crippen MR) is 74.3 cm³/mol. The Morgan fingerprint density at radius 2 is 1.94 bits per heavy atom. The highest BCUT2D eigenvalue weighted by Gasteiger charge is 2.21. The molecule has 1 N–H and O–H groups in total. The van der Waals surface area contributed by atoms with Crippen LogP contribution < -0.4 is 5.32 Å². The fourth-order valence-electron chi connectivity index (χ4n) is 2.51. The van der Waals surface area contributed by atoms with Crippen molar-refractivity contribution < 1.29 is 4.74 Å². The summed E-state index contributed by atoms with van der Waals surface area (Å²) in [6.45, 7) is 10.1. The van der Waals surface area contributed by atoms with Gasteiger partial charge in [0.1, 0.15) is 0 Å². The summed E-state index contributed by atoms with van der Waals surface area (Å²) in [6, 6.07) is 0. The van der Waals surface area contributed by atoms with Crippen LogP contribution in [-0.2, 0) is 4.74 Å². The molecule has 2 heteroatoms. The smallest absolute Gasteiger partial charge is 0.0600 e. The van der Waals surface area contributed by atoms with Gasteiger partial charge in [-0.3, -0.25) is 0 Å². The lowest BCUT2D eigenvalue weighted by Gasteiger charge is -2.28. The van der Waals surface area contributed by atoms with E-state index < -0.39 is 0 Å². The van der Waals surface area contributed by atoms with Crippen molar-refractivity contribution in [2.75, 3.05) is 19.7 Å². The van der Waals surface area contributed by atoms with E-state index in [0.717, 1.165) is 31.5 Å². The van der Waals surface area contributed by atoms with Crippen LogP contribution in [0.2, 0.25) is 0 Å². The van der Waals surface area contributed by atoms with E-state index in [-0.39, 0.29) is 0 Å². The van der Waals surface area contributed by atoms with Crippen LogP contribution in [0.3, 0.4) is 0 Å². The number of hydrogen-bond donors (Lipinski definition) is 1. The Kier molecular flexibility index (Phi) is 7.87. The van der Waals surface area contributed by atoms with Gasteiger partial charge < -0.3 is 10.1 Å². The normalized spacial score (nSPS) is 25.4. The maximum atomic E-state index is 6.00. The van der Waals surface area contributed by atoms with Gasteiger partial charge >= 0.3 is 0 Å². The van der Waals surface area contributed by atoms with Gasteiger partial charge in [0.15, 0.2) is 0 Å². The summed E-state index contributed by atoms with van der Waals surface area (Å²) in [4.78, 5) is 0. The maximum absolute atomic E-state index is 6.00. The molecule has 0 aromatic rings. The number of unbranched alkanes of at least 4 members (excludes halogenated alkanes) is 1. The van der Waals surface area contributed by atoms with Gasteiger partial charge in [0, 0.05) is 6.61 Å². The Morgan fingerprint density at radius 3 is 2.65 bits per heavy atom. The van der Waals surface area contributed by atoms with E-state index in [4.69, 9.17) is 4.74 Å². The molecule has 0 saturated heterocycles. The van der Waals surface area contributed by atoms with E-state index in [0.29, 0.717) is 6.10 Å². The lowest BCUT2D eigenvalue weighted by Crippen LogP contribution is -2.26. The van der Waals surface area contributed by atoms with Gasteiger partial charge in [-0.25, -0.2) is 0 Å². The van der Waals surface area contributed by atoms with Crippen LogP contribution in [0.15, 0.2) is 0 Å². The van der Waals surface area contributed by atoms with Crippen LogP contribution in [-0.4, -0.2) is 25.8 Å². The monoisotopic (exact) mass is 241 g/mol. The molecule has 1 saturated carbocycles. The minimum Gasteiger partial charge on any atom is -0.378 e. The van der Waals surface area contributed by atoms with E-state index in [1.165, 1.54) is 38.5 Å². The van der Waals surface area contributed by atoms with Crippen molar-refractivity contribution in [3.8, 4) is 0 Å². The number of rotatable bonds is 8. The zero-order valence-electron chi connectivity index (χ0n) is 12.0. The topological polar surface area (TPSA) is 21.3 Å². The molecule has 2 unspecified atom stereocenters. The maximum Gasteiger partial charge on any atom is 0.0600 e. The highest BCUT2D eigenvalue weighted by molar-refractivity contribution is 4.72. The lowest BCUT2D eigenvalue weighted by atomic mass is 9.88. The first-order valence-electron chi connectivity index (χ1n) is 7.52. The number of ether oxygens (including phenoxy) is 1. The molecule has 2 nitrogen and oxygen atoms in total. The highest BCUT2D eigenvalue weighted by atomic mass is 16.5. The Bertz CT molecular complexity index is 182. The van der Waals surface area contributed by atoms with E-state index in [2.05, 4.69) is 26.1 Å². The SMILES string of the molecule is CC(C)CNCCCCOC1CCCCC1C. The molecular formula is C15H31NO. The van der Waals surface area contributed by atoms with Crippen LogP contribution in [0.25, 0.3) is 0 Å². The minimum absolute atomic E-state index is 0.548. The van der Waals surface area contributed by atoms with E-state index in [9.17, 15) is 0 Å². The molecule has 1 aliphatic rings. The Labute approximate surface area is 108 Å². The molecule has 0 spiro atoms. The summed E-state index contributed by atoms with van der Waals surface area (Å²) in [6.07, 6.45) is 8.41. The van der Waals surface area contributed by atoms with Gasteiger partial charge in [0.25, 0.3) is 0 Å². The lowest BCUT2D eigenvalue weighted by molar-refractivity contribution is -0.00637. The quantitative estimate of drug-likeness (QED) is 0.656. The van der Waals surface area contributed by atoms with Crippen LogP contribution in [0.1, 0.15) is 59.3 Å². The molecule has 0 radical (unpaired) electrons. The summed E-state index contributed by atoms with van der Waals surface area (Å²) in [5.41, 5.74) is 0. The molecule has 0 bridgehead atoms. The molecular weight excluding hydrogens is 210 g/mol. The zero-order chi connectivity index (χ0) is 12.5. The molecule has 0 heterocycles. The van der Waals surface area contributed by atoms with Crippen LogP contribution in [0, 0.1) is 11.8 Å². The molecule has 1 rings (SSSR count). The number of nitrogens with one attached hydrogen (secondary N) is 1. The first-order chi connectivity index (χ1) is 8.20. The van der Waals surface area contributed by atoms with Gasteiger partial charge in [-0.1, -0.05) is 33.6 Å². The second-order valence-corrected chi connectivity index (χ2v) is 5.98. The van der Waals surface area contributed by atoms with Crippen LogP contribution in [0.5, 0.6) is 0 Å². The standard InChI is InChI=1S/C15H31NO/c1-13(2)12-16-10-6-7-11-17-15-9-5-4-8-14(15)3/h13-16H,4-12H2,1-3H3. The molecule has 0 amide bonds. The molecule has 102 valence electrons. The summed E-state index contributed by atoms with van der Waals surface area (Å²) < 4.78 is 6.00. The minimum atomic E-state index is 0.548. The Morgan fingerprint density at radius 1 is 1.18 bits per heavy atom. The third kappa shape index (κ3) is 7.05. The van der Waals surface area contributed by atoms with Crippen molar-refractivity contribution in [1.29, 1.82) is 0 Å². The summed E-state index contributed by atoms with van der Waals surface area (Å²) in [7, 11) is 0. The fourth-order valence-corrected chi connectivity index (χ4v) is 2.51. The van der Waals surface area contributed by atoms with Crippen molar-refractivity contribution >= 4 is 0 Å². The molecule has 1 fully saturated rings. The largest absolute Gasteiger partial charge is 0.378 e. The average Bonchev–Trinajstić information content (AvgIpc) is 2.30. The molecule has 2 atom stereocenters. The van der Waals surface area contributed by atoms with Gasteiger partial charge in [-0.05, 0) is 50.6 Å². The van der Waals surface area contributed by atoms with Crippen LogP contribution in [0.4, 0.5) is 0 Å². The molecule has 0 aromatic heterocycles. The predicted octanol–water partition coefficient (Wildman–Crippen LogP) is 3.61. The Balaban J connectivity index is 1.89. The van der Waals surface area contributed by atoms with E-state index in [1.807, 2.05) is 0 Å². The Hall–Kier alpha value is -0.0800. The van der Waals surface area contributed by atoms with Crippen molar-refractivity contribution in [3.05, 3.63) is 0 Å². The average molecular weight is 241 g/mol. The zero-order valence-corrected chi connectivity index (χ0v) is 12.0. The van der Waals surface area contributed by atoms with Gasteiger partial charge in [0.05, 0.1) is 6.10 Å². The molecule has 1 aliphatic carbocycles. The van der Waals surface area contributed by atoms with Crippen molar-refractivity contribution in [3.63, 3.8) is 0 Å². The fraction of sp³-hybridized carbons (Fsp3) is 1.00. The molecule has 17 heavy (non-hydrogen) atoms. The van der Waals surface area contributed by atoms with E-state index >= 15 is 0 Å². The second kappa shape index (κ2) is 8.93. The third-order valence-electron chi connectivity index (χ3n) is 3.67.